The molecular weight excluding hydrogens is 326 g/mol. The third kappa shape index (κ3) is 3.01. The predicted molar refractivity (Wildman–Crippen MR) is 89.4 cm³/mol. The molecule has 0 aliphatic heterocycles. The highest BCUT2D eigenvalue weighted by Gasteiger charge is 2.15. The van der Waals surface area contributed by atoms with E-state index in [1.807, 2.05) is 6.07 Å². The molecule has 0 bridgehead atoms. The van der Waals surface area contributed by atoms with E-state index in [-0.39, 0.29) is 5.28 Å². The normalized spacial score (nSPS) is 11.2. The molecule has 5 nitrogen and oxygen atoms in total. The molecule has 0 saturated carbocycles. The summed E-state index contributed by atoms with van der Waals surface area (Å²) in [5.41, 5.74) is 7.72. The van der Waals surface area contributed by atoms with Gasteiger partial charge in [-0.3, -0.25) is 0 Å². The first-order chi connectivity index (χ1) is 10.2. The van der Waals surface area contributed by atoms with Crippen LogP contribution < -0.4 is 11.1 Å². The number of fused-ring (bicyclic) bond motifs is 1. The van der Waals surface area contributed by atoms with Crippen molar-refractivity contribution in [1.29, 1.82) is 0 Å². The van der Waals surface area contributed by atoms with Crippen LogP contribution in [0.4, 0.5) is 5.82 Å². The van der Waals surface area contributed by atoms with Crippen LogP contribution in [0, 0.1) is 6.92 Å². The fourth-order valence-electron chi connectivity index (χ4n) is 2.10. The lowest BCUT2D eigenvalue weighted by atomic mass is 10.2. The van der Waals surface area contributed by atoms with Crippen molar-refractivity contribution in [3.63, 3.8) is 0 Å². The van der Waals surface area contributed by atoms with Crippen LogP contribution in [-0.4, -0.2) is 20.9 Å². The van der Waals surface area contributed by atoms with Crippen LogP contribution in [0.1, 0.15) is 15.3 Å². The summed E-state index contributed by atoms with van der Waals surface area (Å²) in [6.07, 6.45) is 2.64. The Morgan fingerprint density at radius 1 is 1.38 bits per heavy atom. The second kappa shape index (κ2) is 6.23. The Morgan fingerprint density at radius 2 is 2.24 bits per heavy atom. The lowest BCUT2D eigenvalue weighted by Crippen LogP contribution is -2.02. The van der Waals surface area contributed by atoms with E-state index in [0.717, 1.165) is 32.9 Å². The Balaban J connectivity index is 1.98. The topological polar surface area (TPSA) is 76.7 Å². The van der Waals surface area contributed by atoms with Crippen molar-refractivity contribution in [1.82, 2.24) is 14.3 Å². The van der Waals surface area contributed by atoms with Crippen LogP contribution in [0.25, 0.3) is 10.2 Å². The van der Waals surface area contributed by atoms with Crippen LogP contribution in [0.2, 0.25) is 5.28 Å². The van der Waals surface area contributed by atoms with E-state index in [9.17, 15) is 0 Å². The number of nitrogens with one attached hydrogen (secondary N) is 1. The van der Waals surface area contributed by atoms with Crippen LogP contribution in [0.5, 0.6) is 0 Å². The smallest absolute Gasteiger partial charge is 0.224 e. The van der Waals surface area contributed by atoms with Gasteiger partial charge in [0.25, 0.3) is 0 Å². The number of rotatable bonds is 5. The molecule has 0 saturated heterocycles. The molecule has 0 atom stereocenters. The standard InChI is InChI=1S/C13H14ClN5S2/c1-7-9(2-4-15)20-11-10(7)18-13(14)19-12(11)16-6-8-3-5-17-21-8/h3,5H,2,4,6,15H2,1H3,(H,16,18,19). The van der Waals surface area contributed by atoms with Gasteiger partial charge in [-0.05, 0) is 54.7 Å². The van der Waals surface area contributed by atoms with Gasteiger partial charge in [0.1, 0.15) is 5.82 Å². The Hall–Kier alpha value is -1.28. The minimum Gasteiger partial charge on any atom is -0.364 e. The molecule has 8 heteroatoms. The molecule has 0 aromatic carbocycles. The van der Waals surface area contributed by atoms with Crippen molar-refractivity contribution in [2.24, 2.45) is 5.73 Å². The molecule has 0 fully saturated rings. The summed E-state index contributed by atoms with van der Waals surface area (Å²) in [7, 11) is 0. The Morgan fingerprint density at radius 3 is 2.95 bits per heavy atom. The molecule has 3 heterocycles. The largest absolute Gasteiger partial charge is 0.364 e. The van der Waals surface area contributed by atoms with Crippen LogP contribution in [-0.2, 0) is 13.0 Å². The zero-order valence-electron chi connectivity index (χ0n) is 11.4. The van der Waals surface area contributed by atoms with Gasteiger partial charge in [0.05, 0.1) is 16.8 Å². The summed E-state index contributed by atoms with van der Waals surface area (Å²) in [6.45, 7) is 3.36. The van der Waals surface area contributed by atoms with Gasteiger partial charge in [0.15, 0.2) is 0 Å². The van der Waals surface area contributed by atoms with E-state index in [4.69, 9.17) is 17.3 Å². The lowest BCUT2D eigenvalue weighted by molar-refractivity contribution is 0.981. The van der Waals surface area contributed by atoms with E-state index < -0.39 is 0 Å². The van der Waals surface area contributed by atoms with E-state index >= 15 is 0 Å². The van der Waals surface area contributed by atoms with E-state index in [2.05, 4.69) is 26.6 Å². The summed E-state index contributed by atoms with van der Waals surface area (Å²) < 4.78 is 5.12. The molecule has 21 heavy (non-hydrogen) atoms. The van der Waals surface area contributed by atoms with Crippen LogP contribution in [0.3, 0.4) is 0 Å². The van der Waals surface area contributed by atoms with E-state index in [0.29, 0.717) is 13.1 Å². The van der Waals surface area contributed by atoms with Crippen LogP contribution >= 0.6 is 34.5 Å². The van der Waals surface area contributed by atoms with Crippen molar-refractivity contribution >= 4 is 50.5 Å². The maximum absolute atomic E-state index is 6.05. The SMILES string of the molecule is Cc1c(CCN)sc2c(NCc3ccns3)nc(Cl)nc12. The van der Waals surface area contributed by atoms with Gasteiger partial charge in [-0.25, -0.2) is 9.36 Å². The highest BCUT2D eigenvalue weighted by atomic mass is 35.5. The highest BCUT2D eigenvalue weighted by molar-refractivity contribution is 7.19. The number of nitrogens with zero attached hydrogens (tertiary/aromatic N) is 3. The van der Waals surface area contributed by atoms with E-state index in [1.54, 1.807) is 17.5 Å². The molecule has 0 spiro atoms. The van der Waals surface area contributed by atoms with Crippen LogP contribution in [0.15, 0.2) is 12.3 Å². The summed E-state index contributed by atoms with van der Waals surface area (Å²) in [5.74, 6) is 0.773. The first kappa shape index (κ1) is 14.6. The average Bonchev–Trinajstić information content (AvgIpc) is 3.07. The van der Waals surface area contributed by atoms with Crippen molar-refractivity contribution in [3.05, 3.63) is 32.9 Å². The summed E-state index contributed by atoms with van der Waals surface area (Å²) in [5, 5.41) is 3.59. The third-order valence-corrected chi connectivity index (χ3v) is 5.39. The van der Waals surface area contributed by atoms with Crippen molar-refractivity contribution < 1.29 is 0 Å². The zero-order chi connectivity index (χ0) is 14.8. The average molecular weight is 340 g/mol. The zero-order valence-corrected chi connectivity index (χ0v) is 13.8. The fraction of sp³-hybridized carbons (Fsp3) is 0.308. The predicted octanol–water partition coefficient (Wildman–Crippen LogP) is 3.22. The second-order valence-corrected chi connectivity index (χ2v) is 6.90. The van der Waals surface area contributed by atoms with Gasteiger partial charge >= 0.3 is 0 Å². The van der Waals surface area contributed by atoms with Gasteiger partial charge in [-0.15, -0.1) is 11.3 Å². The minimum absolute atomic E-state index is 0.259. The van der Waals surface area contributed by atoms with Crippen molar-refractivity contribution in [2.75, 3.05) is 11.9 Å². The molecule has 0 amide bonds. The second-order valence-electron chi connectivity index (χ2n) is 4.54. The van der Waals surface area contributed by atoms with Gasteiger partial charge in [0.2, 0.25) is 5.28 Å². The maximum Gasteiger partial charge on any atom is 0.224 e. The number of hydrogen-bond acceptors (Lipinski definition) is 7. The Labute approximate surface area is 135 Å². The number of nitrogens with two attached hydrogens (primary N) is 1. The summed E-state index contributed by atoms with van der Waals surface area (Å²) in [6, 6.07) is 1.98. The molecule has 3 aromatic heterocycles. The number of thiophene rings is 1. The van der Waals surface area contributed by atoms with Gasteiger partial charge in [-0.2, -0.15) is 4.98 Å². The molecule has 3 rings (SSSR count). The number of halogens is 1. The quantitative estimate of drug-likeness (QED) is 0.698. The third-order valence-electron chi connectivity index (χ3n) is 3.13. The first-order valence-corrected chi connectivity index (χ1v) is 8.45. The summed E-state index contributed by atoms with van der Waals surface area (Å²) in [4.78, 5) is 11.1. The van der Waals surface area contributed by atoms with Gasteiger partial charge in [0, 0.05) is 16.0 Å². The molecule has 3 aromatic rings. The monoisotopic (exact) mass is 339 g/mol. The lowest BCUT2D eigenvalue weighted by Gasteiger charge is -2.05. The number of anilines is 1. The molecule has 0 aliphatic rings. The molecule has 110 valence electrons. The molecular formula is C13H14ClN5S2. The van der Waals surface area contributed by atoms with Crippen molar-refractivity contribution in [3.8, 4) is 0 Å². The Kier molecular flexibility index (Phi) is 4.34. The maximum atomic E-state index is 6.05. The summed E-state index contributed by atoms with van der Waals surface area (Å²) >= 11 is 9.20. The number of aryl methyl sites for hydroxylation is 1. The minimum atomic E-state index is 0.259. The van der Waals surface area contributed by atoms with E-state index in [1.165, 1.54) is 16.4 Å². The van der Waals surface area contributed by atoms with Gasteiger partial charge in [-0.1, -0.05) is 0 Å². The Bertz CT molecular complexity index is 754. The molecule has 3 N–H and O–H groups in total. The number of hydrogen-bond donors (Lipinski definition) is 2. The number of aromatic nitrogens is 3. The highest BCUT2D eigenvalue weighted by Crippen LogP contribution is 2.35. The molecule has 0 aliphatic carbocycles. The van der Waals surface area contributed by atoms with Gasteiger partial charge < -0.3 is 11.1 Å². The molecule has 0 radical (unpaired) electrons. The first-order valence-electron chi connectivity index (χ1n) is 6.48. The molecule has 0 unspecified atom stereocenters. The van der Waals surface area contributed by atoms with Crippen molar-refractivity contribution in [2.45, 2.75) is 19.9 Å². The fourth-order valence-corrected chi connectivity index (χ4v) is 4.01.